The van der Waals surface area contributed by atoms with Crippen molar-refractivity contribution in [3.63, 3.8) is 0 Å². The van der Waals surface area contributed by atoms with Crippen LogP contribution in [0, 0.1) is 0 Å². The van der Waals surface area contributed by atoms with Crippen molar-refractivity contribution < 1.29 is 24.2 Å². The molecule has 1 heterocycles. The number of halogens is 2. The number of aliphatic carboxylic acids is 1. The summed E-state index contributed by atoms with van der Waals surface area (Å²) in [5.74, 6) is -0.864. The number of carbonyl (C=O) groups is 2. The minimum atomic E-state index is -1.09. The number of ether oxygens (including phenoxy) is 2. The predicted octanol–water partition coefficient (Wildman–Crippen LogP) is 7.57. The lowest BCUT2D eigenvalue weighted by Crippen LogP contribution is -2.12. The van der Waals surface area contributed by atoms with E-state index in [-0.39, 0.29) is 27.3 Å². The molecule has 0 saturated carbocycles. The van der Waals surface area contributed by atoms with E-state index in [0.717, 1.165) is 24.0 Å². The summed E-state index contributed by atoms with van der Waals surface area (Å²) in [6.45, 7) is 6.03. The van der Waals surface area contributed by atoms with Gasteiger partial charge in [0.05, 0.1) is 35.6 Å². The summed E-state index contributed by atoms with van der Waals surface area (Å²) in [5, 5.41) is 14.4. The number of methoxy groups -OCH3 is 1. The molecule has 1 atom stereocenters. The quantitative estimate of drug-likeness (QED) is 0.234. The second-order valence-corrected chi connectivity index (χ2v) is 10.1. The normalized spacial score (nSPS) is 12.3. The molecule has 37 heavy (non-hydrogen) atoms. The van der Waals surface area contributed by atoms with Gasteiger partial charge >= 0.3 is 5.97 Å². The highest BCUT2D eigenvalue weighted by atomic mass is 35.5. The van der Waals surface area contributed by atoms with Gasteiger partial charge in [0.1, 0.15) is 5.75 Å². The van der Waals surface area contributed by atoms with E-state index in [4.69, 9.17) is 37.8 Å². The highest BCUT2D eigenvalue weighted by Crippen LogP contribution is 2.36. The maximum atomic E-state index is 12.9. The molecule has 1 unspecified atom stereocenters. The van der Waals surface area contributed by atoms with E-state index in [1.807, 2.05) is 23.6 Å². The number of hydrogen-bond donors (Lipinski definition) is 2. The predicted molar refractivity (Wildman–Crippen MR) is 149 cm³/mol. The van der Waals surface area contributed by atoms with E-state index in [1.54, 1.807) is 7.11 Å². The summed E-state index contributed by atoms with van der Waals surface area (Å²) in [4.78, 5) is 28.6. The van der Waals surface area contributed by atoms with Crippen molar-refractivity contribution in [2.24, 2.45) is 0 Å². The van der Waals surface area contributed by atoms with Crippen LogP contribution in [0.4, 0.5) is 5.13 Å². The van der Waals surface area contributed by atoms with Crippen LogP contribution in [0.25, 0.3) is 17.3 Å². The van der Waals surface area contributed by atoms with Gasteiger partial charge in [-0.3, -0.25) is 10.1 Å². The van der Waals surface area contributed by atoms with Gasteiger partial charge in [0.2, 0.25) is 0 Å². The highest BCUT2D eigenvalue weighted by molar-refractivity contribution is 7.14. The number of benzene rings is 2. The lowest BCUT2D eigenvalue weighted by molar-refractivity contribution is -0.132. The Morgan fingerprint density at radius 1 is 1.24 bits per heavy atom. The highest BCUT2D eigenvalue weighted by Gasteiger charge is 2.18. The fraction of sp³-hybridized carbons (Fsp3) is 0.296. The second-order valence-electron chi connectivity index (χ2n) is 8.39. The number of thiazole rings is 1. The molecule has 0 aliphatic carbocycles. The molecule has 0 radical (unpaired) electrons. The maximum absolute atomic E-state index is 12.9. The molecule has 10 heteroatoms. The van der Waals surface area contributed by atoms with Gasteiger partial charge in [0.25, 0.3) is 5.91 Å². The SMILES string of the molecule is CCCC(C)OCc1cccc(-c2csc(NC(=O)c3cc(Cl)c(C=C(C)C(=O)O)c(Cl)c3)n2)c1OC. The first-order chi connectivity index (χ1) is 17.6. The van der Waals surface area contributed by atoms with E-state index in [0.29, 0.717) is 28.7 Å². The van der Waals surface area contributed by atoms with Gasteiger partial charge in [-0.25, -0.2) is 9.78 Å². The number of aromatic nitrogens is 1. The minimum absolute atomic E-state index is 0.0675. The molecule has 0 spiro atoms. The average Bonchev–Trinajstić information content (AvgIpc) is 3.32. The van der Waals surface area contributed by atoms with E-state index in [9.17, 15) is 9.59 Å². The number of amides is 1. The van der Waals surface area contributed by atoms with Crippen molar-refractivity contribution in [2.45, 2.75) is 46.3 Å². The van der Waals surface area contributed by atoms with Crippen LogP contribution in [0.3, 0.4) is 0 Å². The van der Waals surface area contributed by atoms with Crippen LogP contribution in [-0.4, -0.2) is 35.2 Å². The topological polar surface area (TPSA) is 97.8 Å². The van der Waals surface area contributed by atoms with E-state index in [1.165, 1.54) is 36.5 Å². The maximum Gasteiger partial charge on any atom is 0.331 e. The third-order valence-corrected chi connectivity index (χ3v) is 6.94. The monoisotopic (exact) mass is 562 g/mol. The molecule has 2 aromatic carbocycles. The van der Waals surface area contributed by atoms with E-state index < -0.39 is 11.9 Å². The first-order valence-corrected chi connectivity index (χ1v) is 13.2. The number of nitrogens with one attached hydrogen (secondary N) is 1. The molecule has 3 aromatic rings. The zero-order chi connectivity index (χ0) is 27.1. The van der Waals surface area contributed by atoms with Crippen LogP contribution >= 0.6 is 34.5 Å². The fourth-order valence-corrected chi connectivity index (χ4v) is 4.92. The van der Waals surface area contributed by atoms with Crippen molar-refractivity contribution in [1.29, 1.82) is 0 Å². The molecule has 2 N–H and O–H groups in total. The summed E-state index contributed by atoms with van der Waals surface area (Å²) in [6.07, 6.45) is 3.54. The van der Waals surface area contributed by atoms with E-state index in [2.05, 4.69) is 24.1 Å². The molecule has 0 bridgehead atoms. The van der Waals surface area contributed by atoms with Crippen LogP contribution in [-0.2, 0) is 16.1 Å². The Kier molecular flexibility index (Phi) is 10.1. The Labute approximate surface area is 230 Å². The lowest BCUT2D eigenvalue weighted by Gasteiger charge is -2.16. The first-order valence-electron chi connectivity index (χ1n) is 11.6. The number of nitrogens with zero attached hydrogens (tertiary/aromatic N) is 1. The molecule has 0 fully saturated rings. The van der Waals surface area contributed by atoms with Gasteiger partial charge in [-0.05, 0) is 44.5 Å². The summed E-state index contributed by atoms with van der Waals surface area (Å²) in [6, 6.07) is 8.66. The summed E-state index contributed by atoms with van der Waals surface area (Å²) >= 11 is 13.8. The second kappa shape index (κ2) is 13.1. The number of carboxylic acids is 1. The average molecular weight is 564 g/mol. The molecular formula is C27H28Cl2N2O5S. The van der Waals surface area contributed by atoms with Gasteiger partial charge in [-0.2, -0.15) is 0 Å². The summed E-state index contributed by atoms with van der Waals surface area (Å²) in [7, 11) is 1.61. The van der Waals surface area contributed by atoms with Gasteiger partial charge in [-0.1, -0.05) is 48.7 Å². The van der Waals surface area contributed by atoms with Crippen molar-refractivity contribution in [1.82, 2.24) is 4.98 Å². The zero-order valence-corrected chi connectivity index (χ0v) is 23.3. The molecule has 1 aromatic heterocycles. The summed E-state index contributed by atoms with van der Waals surface area (Å²) < 4.78 is 11.6. The van der Waals surface area contributed by atoms with Gasteiger partial charge in [0.15, 0.2) is 5.13 Å². The molecule has 3 rings (SSSR count). The Bertz CT molecular complexity index is 1300. The van der Waals surface area contributed by atoms with Crippen molar-refractivity contribution in [3.8, 4) is 17.0 Å². The molecule has 7 nitrogen and oxygen atoms in total. The minimum Gasteiger partial charge on any atom is -0.496 e. The van der Waals surface area contributed by atoms with Crippen LogP contribution < -0.4 is 10.1 Å². The largest absolute Gasteiger partial charge is 0.496 e. The number of rotatable bonds is 11. The zero-order valence-electron chi connectivity index (χ0n) is 20.9. The van der Waals surface area contributed by atoms with Gasteiger partial charge < -0.3 is 14.6 Å². The summed E-state index contributed by atoms with van der Waals surface area (Å²) in [5.41, 5.74) is 2.97. The number of para-hydroxylation sites is 1. The molecular weight excluding hydrogens is 535 g/mol. The number of anilines is 1. The lowest BCUT2D eigenvalue weighted by atomic mass is 10.1. The smallest absolute Gasteiger partial charge is 0.331 e. The van der Waals surface area contributed by atoms with Crippen LogP contribution in [0.1, 0.15) is 55.1 Å². The number of carboxylic acid groups (broad SMARTS) is 1. The third-order valence-electron chi connectivity index (χ3n) is 5.56. The first kappa shape index (κ1) is 28.7. The number of hydrogen-bond acceptors (Lipinski definition) is 6. The number of carbonyl (C=O) groups excluding carboxylic acids is 1. The van der Waals surface area contributed by atoms with E-state index >= 15 is 0 Å². The fourth-order valence-electron chi connectivity index (χ4n) is 3.62. The Hall–Kier alpha value is -2.91. The molecule has 1 amide bonds. The Morgan fingerprint density at radius 2 is 1.95 bits per heavy atom. The molecule has 0 saturated heterocycles. The van der Waals surface area contributed by atoms with Crippen molar-refractivity contribution >= 4 is 57.6 Å². The van der Waals surface area contributed by atoms with Crippen LogP contribution in [0.5, 0.6) is 5.75 Å². The molecule has 196 valence electrons. The molecule has 0 aliphatic heterocycles. The Morgan fingerprint density at radius 3 is 2.57 bits per heavy atom. The van der Waals surface area contributed by atoms with Crippen LogP contribution in [0.2, 0.25) is 10.0 Å². The third kappa shape index (κ3) is 7.32. The van der Waals surface area contributed by atoms with Crippen molar-refractivity contribution in [2.75, 3.05) is 12.4 Å². The van der Waals surface area contributed by atoms with Crippen LogP contribution in [0.15, 0.2) is 41.3 Å². The molecule has 0 aliphatic rings. The Balaban J connectivity index is 1.79. The van der Waals surface area contributed by atoms with Gasteiger partial charge in [0, 0.05) is 33.2 Å². The van der Waals surface area contributed by atoms with Gasteiger partial charge in [-0.15, -0.1) is 11.3 Å². The van der Waals surface area contributed by atoms with Crippen molar-refractivity contribution in [3.05, 3.63) is 68.0 Å². The standard InChI is InChI=1S/C27H28Cl2N2O5S/c1-5-7-16(3)36-13-17-8-6-9-19(24(17)35-4)23-14-37-27(30-23)31-25(32)18-11-21(28)20(22(29)12-18)10-15(2)26(33)34/h6,8-12,14,16H,5,7,13H2,1-4H3,(H,33,34)(H,30,31,32).